The number of carbonyl (C=O) groups excluding carboxylic acids is 3. The summed E-state index contributed by atoms with van der Waals surface area (Å²) in [5.74, 6) is -1.09. The van der Waals surface area contributed by atoms with Crippen LogP contribution in [0.25, 0.3) is 10.9 Å². The maximum Gasteiger partial charge on any atom is 0.308 e. The Kier molecular flexibility index (Phi) is 4.13. The van der Waals surface area contributed by atoms with E-state index >= 15 is 0 Å². The zero-order valence-electron chi connectivity index (χ0n) is 11.6. The number of esters is 2. The normalized spacial score (nSPS) is 10.5. The molecule has 110 valence electrons. The van der Waals surface area contributed by atoms with Gasteiger partial charge in [-0.25, -0.2) is 0 Å². The number of rotatable bonds is 2. The second-order valence-corrected chi connectivity index (χ2v) is 5.20. The van der Waals surface area contributed by atoms with E-state index in [4.69, 9.17) is 9.47 Å². The molecule has 1 aromatic carbocycles. The Hall–Kier alpha value is -2.15. The van der Waals surface area contributed by atoms with Crippen molar-refractivity contribution in [3.8, 4) is 11.5 Å². The third-order valence-corrected chi connectivity index (χ3v) is 3.28. The largest absolute Gasteiger partial charge is 0.422 e. The van der Waals surface area contributed by atoms with Crippen molar-refractivity contribution in [3.05, 3.63) is 22.8 Å². The van der Waals surface area contributed by atoms with Crippen LogP contribution in [-0.2, 0) is 9.59 Å². The van der Waals surface area contributed by atoms with E-state index in [2.05, 4.69) is 15.9 Å². The van der Waals surface area contributed by atoms with Gasteiger partial charge in [-0.1, -0.05) is 0 Å². The first-order valence-corrected chi connectivity index (χ1v) is 6.82. The topological polar surface area (TPSA) is 74.6 Å². The Balaban J connectivity index is 2.78. The van der Waals surface area contributed by atoms with Crippen molar-refractivity contribution in [2.45, 2.75) is 20.8 Å². The highest BCUT2D eigenvalue weighted by Gasteiger charge is 2.21. The van der Waals surface area contributed by atoms with Gasteiger partial charge in [0.05, 0.1) is 9.99 Å². The first-order chi connectivity index (χ1) is 9.81. The summed E-state index contributed by atoms with van der Waals surface area (Å²) < 4.78 is 12.1. The van der Waals surface area contributed by atoms with Crippen molar-refractivity contribution >= 4 is 44.7 Å². The Morgan fingerprint density at radius 1 is 1.05 bits per heavy atom. The number of nitrogens with zero attached hydrogens (tertiary/aromatic N) is 1. The van der Waals surface area contributed by atoms with Crippen molar-refractivity contribution in [2.75, 3.05) is 0 Å². The lowest BCUT2D eigenvalue weighted by atomic mass is 10.2. The number of carbonyl (C=O) groups is 3. The molecular formula is C14H12BrNO5. The highest BCUT2D eigenvalue weighted by atomic mass is 79.9. The van der Waals surface area contributed by atoms with E-state index in [-0.39, 0.29) is 17.4 Å². The smallest absolute Gasteiger partial charge is 0.308 e. The molecule has 0 spiro atoms. The summed E-state index contributed by atoms with van der Waals surface area (Å²) >= 11 is 3.26. The van der Waals surface area contributed by atoms with Gasteiger partial charge in [-0.2, -0.15) is 0 Å². The highest BCUT2D eigenvalue weighted by Crippen LogP contribution is 2.42. The van der Waals surface area contributed by atoms with Gasteiger partial charge >= 0.3 is 11.9 Å². The molecule has 7 heteroatoms. The van der Waals surface area contributed by atoms with Gasteiger partial charge in [-0.05, 0) is 28.1 Å². The fourth-order valence-electron chi connectivity index (χ4n) is 1.96. The van der Waals surface area contributed by atoms with Crippen LogP contribution in [0, 0.1) is 0 Å². The van der Waals surface area contributed by atoms with E-state index in [0.29, 0.717) is 15.4 Å². The van der Waals surface area contributed by atoms with Crippen LogP contribution < -0.4 is 9.47 Å². The van der Waals surface area contributed by atoms with Crippen molar-refractivity contribution in [2.24, 2.45) is 0 Å². The highest BCUT2D eigenvalue weighted by molar-refractivity contribution is 9.10. The number of halogens is 1. The van der Waals surface area contributed by atoms with Crippen LogP contribution in [0.1, 0.15) is 25.6 Å². The molecule has 0 bridgehead atoms. The molecule has 6 nitrogen and oxygen atoms in total. The van der Waals surface area contributed by atoms with E-state index in [1.165, 1.54) is 25.3 Å². The summed E-state index contributed by atoms with van der Waals surface area (Å²) in [5.41, 5.74) is 0.543. The lowest BCUT2D eigenvalue weighted by molar-refractivity contribution is -0.134. The third kappa shape index (κ3) is 2.97. The summed E-state index contributed by atoms with van der Waals surface area (Å²) in [6.07, 6.45) is 1.56. The number of hydrogen-bond donors (Lipinski definition) is 0. The Morgan fingerprint density at radius 2 is 1.62 bits per heavy atom. The lowest BCUT2D eigenvalue weighted by Gasteiger charge is -2.12. The Morgan fingerprint density at radius 3 is 2.14 bits per heavy atom. The van der Waals surface area contributed by atoms with Crippen LogP contribution in [0.4, 0.5) is 0 Å². The van der Waals surface area contributed by atoms with Crippen LogP contribution in [0.2, 0.25) is 0 Å². The minimum absolute atomic E-state index is 0.0991. The molecule has 2 aromatic rings. The number of hydrogen-bond acceptors (Lipinski definition) is 5. The van der Waals surface area contributed by atoms with Crippen LogP contribution in [0.15, 0.2) is 22.8 Å². The molecule has 0 atom stereocenters. The second-order valence-electron chi connectivity index (χ2n) is 4.34. The minimum atomic E-state index is -0.557. The van der Waals surface area contributed by atoms with Crippen molar-refractivity contribution in [1.29, 1.82) is 0 Å². The molecule has 0 saturated heterocycles. The van der Waals surface area contributed by atoms with Gasteiger partial charge in [0, 0.05) is 32.4 Å². The zero-order valence-corrected chi connectivity index (χ0v) is 13.2. The molecule has 0 aliphatic heterocycles. The summed E-state index contributed by atoms with van der Waals surface area (Å²) in [5, 5.41) is 0.500. The predicted molar refractivity (Wildman–Crippen MR) is 78.6 cm³/mol. The molecule has 1 heterocycles. The van der Waals surface area contributed by atoms with Crippen molar-refractivity contribution in [1.82, 2.24) is 4.57 Å². The van der Waals surface area contributed by atoms with Gasteiger partial charge in [0.1, 0.15) is 0 Å². The monoisotopic (exact) mass is 353 g/mol. The van der Waals surface area contributed by atoms with Crippen molar-refractivity contribution < 1.29 is 23.9 Å². The maximum absolute atomic E-state index is 11.6. The molecule has 0 unspecified atom stereocenters. The van der Waals surface area contributed by atoms with Gasteiger partial charge < -0.3 is 9.47 Å². The molecule has 0 aliphatic rings. The van der Waals surface area contributed by atoms with E-state index in [0.717, 1.165) is 0 Å². The summed E-state index contributed by atoms with van der Waals surface area (Å²) in [6.45, 7) is 3.90. The second kappa shape index (κ2) is 5.69. The average Bonchev–Trinajstić information content (AvgIpc) is 2.76. The molecule has 0 saturated carbocycles. The van der Waals surface area contributed by atoms with Gasteiger partial charge in [0.25, 0.3) is 0 Å². The van der Waals surface area contributed by atoms with E-state index in [1.54, 1.807) is 18.3 Å². The lowest BCUT2D eigenvalue weighted by Crippen LogP contribution is -2.09. The van der Waals surface area contributed by atoms with Crippen molar-refractivity contribution in [3.63, 3.8) is 0 Å². The van der Waals surface area contributed by atoms with Crippen LogP contribution >= 0.6 is 15.9 Å². The minimum Gasteiger partial charge on any atom is -0.422 e. The van der Waals surface area contributed by atoms with E-state index in [9.17, 15) is 14.4 Å². The van der Waals surface area contributed by atoms with E-state index < -0.39 is 11.9 Å². The fraction of sp³-hybridized carbons (Fsp3) is 0.214. The quantitative estimate of drug-likeness (QED) is 0.612. The first-order valence-electron chi connectivity index (χ1n) is 6.02. The first kappa shape index (κ1) is 15.2. The molecule has 0 N–H and O–H groups in total. The molecule has 0 amide bonds. The Labute approximate surface area is 128 Å². The van der Waals surface area contributed by atoms with Gasteiger partial charge in [0.2, 0.25) is 5.91 Å². The van der Waals surface area contributed by atoms with Gasteiger partial charge in [-0.3, -0.25) is 19.0 Å². The van der Waals surface area contributed by atoms with Crippen LogP contribution in [-0.4, -0.2) is 22.4 Å². The number of benzene rings is 1. The Bertz CT molecular complexity index is 762. The molecule has 0 fully saturated rings. The third-order valence-electron chi connectivity index (χ3n) is 2.69. The SMILES string of the molecule is CC(=O)Oc1c(Br)cc2c(ccn2C(C)=O)c1OC(C)=O. The standard InChI is InChI=1S/C14H12BrNO5/c1-7(17)16-5-4-10-12(16)6-11(15)14(21-9(3)19)13(10)20-8(2)18/h4-6H,1-3H3. The van der Waals surface area contributed by atoms with Gasteiger partial charge in [-0.15, -0.1) is 0 Å². The predicted octanol–water partition coefficient (Wildman–Crippen LogP) is 2.91. The average molecular weight is 354 g/mol. The van der Waals surface area contributed by atoms with Crippen LogP contribution in [0.5, 0.6) is 11.5 Å². The molecular weight excluding hydrogens is 342 g/mol. The number of ether oxygens (including phenoxy) is 2. The maximum atomic E-state index is 11.6. The summed E-state index contributed by atoms with van der Waals surface area (Å²) in [6, 6.07) is 3.25. The number of aromatic nitrogens is 1. The van der Waals surface area contributed by atoms with Gasteiger partial charge in [0.15, 0.2) is 11.5 Å². The molecule has 1 aromatic heterocycles. The fourth-order valence-corrected chi connectivity index (χ4v) is 2.44. The molecule has 2 rings (SSSR count). The molecule has 0 radical (unpaired) electrons. The summed E-state index contributed by atoms with van der Waals surface area (Å²) in [7, 11) is 0. The number of fused-ring (bicyclic) bond motifs is 1. The summed E-state index contributed by atoms with van der Waals surface area (Å²) in [4.78, 5) is 34.1. The van der Waals surface area contributed by atoms with Crippen LogP contribution in [0.3, 0.4) is 0 Å². The van der Waals surface area contributed by atoms with E-state index in [1.807, 2.05) is 0 Å². The molecule has 0 aliphatic carbocycles. The molecule has 21 heavy (non-hydrogen) atoms. The zero-order chi connectivity index (χ0) is 15.7.